The third kappa shape index (κ3) is 2.40. The molecule has 1 heterocycles. The van der Waals surface area contributed by atoms with Crippen LogP contribution >= 0.6 is 23.2 Å². The van der Waals surface area contributed by atoms with Gasteiger partial charge in [-0.3, -0.25) is 4.79 Å². The second-order valence-corrected chi connectivity index (χ2v) is 5.56. The first-order chi connectivity index (χ1) is 10.5. The van der Waals surface area contributed by atoms with Crippen molar-refractivity contribution in [3.63, 3.8) is 0 Å². The molecule has 0 amide bonds. The van der Waals surface area contributed by atoms with Crippen LogP contribution in [0.3, 0.4) is 0 Å². The van der Waals surface area contributed by atoms with Gasteiger partial charge in [-0.25, -0.2) is 0 Å². The molecule has 22 heavy (non-hydrogen) atoms. The molecule has 112 valence electrons. The number of aromatic amines is 1. The maximum absolute atomic E-state index is 12.3. The van der Waals surface area contributed by atoms with E-state index in [9.17, 15) is 9.90 Å². The fourth-order valence-electron chi connectivity index (χ4n) is 2.36. The van der Waals surface area contributed by atoms with Gasteiger partial charge in [-0.2, -0.15) is 0 Å². The number of halogens is 2. The number of fused-ring (bicyclic) bond motifs is 1. The Hall–Kier alpha value is -2.17. The number of aromatic nitrogens is 1. The Morgan fingerprint density at radius 3 is 2.45 bits per heavy atom. The van der Waals surface area contributed by atoms with Crippen LogP contribution < -0.4 is 10.3 Å². The third-order valence-corrected chi connectivity index (χ3v) is 3.90. The molecule has 0 bridgehead atoms. The highest BCUT2D eigenvalue weighted by atomic mass is 35.5. The van der Waals surface area contributed by atoms with E-state index in [0.29, 0.717) is 27.2 Å². The van der Waals surface area contributed by atoms with Crippen LogP contribution in [0.15, 0.2) is 41.2 Å². The van der Waals surface area contributed by atoms with E-state index in [1.54, 1.807) is 37.4 Å². The number of hydrogen-bond acceptors (Lipinski definition) is 3. The molecule has 0 saturated heterocycles. The molecule has 0 aliphatic heterocycles. The highest BCUT2D eigenvalue weighted by Crippen LogP contribution is 2.37. The van der Waals surface area contributed by atoms with E-state index in [1.165, 1.54) is 6.07 Å². The van der Waals surface area contributed by atoms with Gasteiger partial charge < -0.3 is 14.8 Å². The molecule has 0 spiro atoms. The fraction of sp³-hybridized carbons (Fsp3) is 0.0625. The first kappa shape index (κ1) is 14.8. The second kappa shape index (κ2) is 5.55. The van der Waals surface area contributed by atoms with Crippen LogP contribution in [0.25, 0.3) is 22.0 Å². The zero-order valence-corrected chi connectivity index (χ0v) is 13.0. The Labute approximate surface area is 135 Å². The lowest BCUT2D eigenvalue weighted by Gasteiger charge is -2.10. The number of H-pyrrole nitrogens is 1. The van der Waals surface area contributed by atoms with Gasteiger partial charge in [0.05, 0.1) is 28.6 Å². The van der Waals surface area contributed by atoms with Crippen LogP contribution in [0.5, 0.6) is 11.5 Å². The van der Waals surface area contributed by atoms with Crippen molar-refractivity contribution >= 4 is 34.1 Å². The van der Waals surface area contributed by atoms with Crippen molar-refractivity contribution in [2.75, 3.05) is 7.11 Å². The number of benzene rings is 2. The average molecular weight is 336 g/mol. The summed E-state index contributed by atoms with van der Waals surface area (Å²) in [6.07, 6.45) is 0. The topological polar surface area (TPSA) is 62.3 Å². The maximum Gasteiger partial charge on any atom is 0.260 e. The zero-order chi connectivity index (χ0) is 15.9. The molecular formula is C16H11Cl2NO3. The Kier molecular flexibility index (Phi) is 3.72. The van der Waals surface area contributed by atoms with Crippen LogP contribution in [0.1, 0.15) is 0 Å². The largest absolute Gasteiger partial charge is 0.506 e. The van der Waals surface area contributed by atoms with Crippen molar-refractivity contribution in [2.45, 2.75) is 0 Å². The number of ether oxygens (including phenoxy) is 1. The summed E-state index contributed by atoms with van der Waals surface area (Å²) in [6, 6.07) is 9.87. The molecule has 0 aliphatic carbocycles. The summed E-state index contributed by atoms with van der Waals surface area (Å²) in [5.41, 5.74) is 0.678. The van der Waals surface area contributed by atoms with Gasteiger partial charge in [-0.05, 0) is 29.8 Å². The number of nitrogens with one attached hydrogen (secondary N) is 1. The molecule has 6 heteroatoms. The second-order valence-electron chi connectivity index (χ2n) is 4.72. The number of hydrogen-bond donors (Lipinski definition) is 2. The van der Waals surface area contributed by atoms with Crippen LogP contribution in [0.4, 0.5) is 0 Å². The molecule has 0 radical (unpaired) electrons. The van der Waals surface area contributed by atoms with E-state index in [2.05, 4.69) is 4.98 Å². The molecule has 2 N–H and O–H groups in total. The van der Waals surface area contributed by atoms with Crippen molar-refractivity contribution < 1.29 is 9.84 Å². The van der Waals surface area contributed by atoms with Crippen molar-refractivity contribution in [2.24, 2.45) is 0 Å². The van der Waals surface area contributed by atoms with Gasteiger partial charge in [0.15, 0.2) is 0 Å². The fourth-order valence-corrected chi connectivity index (χ4v) is 2.94. The van der Waals surface area contributed by atoms with E-state index in [0.717, 1.165) is 0 Å². The highest BCUT2D eigenvalue weighted by molar-refractivity contribution is 6.39. The molecule has 0 fully saturated rings. The van der Waals surface area contributed by atoms with Gasteiger partial charge in [0.1, 0.15) is 11.5 Å². The number of pyridine rings is 1. The van der Waals surface area contributed by atoms with Crippen LogP contribution in [-0.4, -0.2) is 17.2 Å². The summed E-state index contributed by atoms with van der Waals surface area (Å²) in [6.45, 7) is 0. The van der Waals surface area contributed by atoms with Gasteiger partial charge in [0, 0.05) is 5.02 Å². The molecule has 0 aliphatic rings. The van der Waals surface area contributed by atoms with E-state index >= 15 is 0 Å². The lowest BCUT2D eigenvalue weighted by molar-refractivity contribution is 0.415. The third-order valence-electron chi connectivity index (χ3n) is 3.38. The Balaban J connectivity index is 2.32. The van der Waals surface area contributed by atoms with Gasteiger partial charge in [0.25, 0.3) is 5.56 Å². The summed E-state index contributed by atoms with van der Waals surface area (Å²) < 4.78 is 5.08. The van der Waals surface area contributed by atoms with Gasteiger partial charge in [-0.15, -0.1) is 0 Å². The predicted molar refractivity (Wildman–Crippen MR) is 88.2 cm³/mol. The van der Waals surface area contributed by atoms with E-state index in [1.807, 2.05) is 0 Å². The summed E-state index contributed by atoms with van der Waals surface area (Å²) in [5.74, 6) is 0.482. The predicted octanol–water partition coefficient (Wildman–Crippen LogP) is 4.22. The van der Waals surface area contributed by atoms with Crippen molar-refractivity contribution in [3.8, 4) is 22.6 Å². The van der Waals surface area contributed by atoms with Gasteiger partial charge in [-0.1, -0.05) is 35.3 Å². The Morgan fingerprint density at radius 1 is 1.14 bits per heavy atom. The lowest BCUT2D eigenvalue weighted by atomic mass is 10.0. The van der Waals surface area contributed by atoms with Gasteiger partial charge >= 0.3 is 0 Å². The van der Waals surface area contributed by atoms with E-state index < -0.39 is 5.56 Å². The zero-order valence-electron chi connectivity index (χ0n) is 11.5. The summed E-state index contributed by atoms with van der Waals surface area (Å²) in [5, 5.41) is 11.5. The van der Waals surface area contributed by atoms with Crippen molar-refractivity contribution in [3.05, 3.63) is 56.8 Å². The minimum atomic E-state index is -0.423. The van der Waals surface area contributed by atoms with Gasteiger partial charge in [0.2, 0.25) is 0 Å². The molecule has 4 nitrogen and oxygen atoms in total. The van der Waals surface area contributed by atoms with Crippen LogP contribution in [0.2, 0.25) is 10.0 Å². The highest BCUT2D eigenvalue weighted by Gasteiger charge is 2.16. The van der Waals surface area contributed by atoms with E-state index in [-0.39, 0.29) is 16.3 Å². The minimum Gasteiger partial charge on any atom is -0.506 e. The quantitative estimate of drug-likeness (QED) is 0.737. The SMILES string of the molecule is COc1ccc(-c2c(O)c3c(Cl)cc(Cl)cc3[nH]c2=O)cc1. The molecule has 0 unspecified atom stereocenters. The van der Waals surface area contributed by atoms with Crippen molar-refractivity contribution in [1.82, 2.24) is 4.98 Å². The van der Waals surface area contributed by atoms with Crippen molar-refractivity contribution in [1.29, 1.82) is 0 Å². The first-order valence-corrected chi connectivity index (χ1v) is 7.15. The molecule has 1 aromatic heterocycles. The van der Waals surface area contributed by atoms with Crippen LogP contribution in [-0.2, 0) is 0 Å². The monoisotopic (exact) mass is 335 g/mol. The lowest BCUT2D eigenvalue weighted by Crippen LogP contribution is -2.09. The summed E-state index contributed by atoms with van der Waals surface area (Å²) in [4.78, 5) is 15.0. The summed E-state index contributed by atoms with van der Waals surface area (Å²) in [7, 11) is 1.55. The standard InChI is InChI=1S/C16H11Cl2NO3/c1-22-10-4-2-8(3-5-10)13-15(20)14-11(18)6-9(17)7-12(14)19-16(13)21/h2-7H,1H3,(H2,19,20,21). The molecule has 2 aromatic carbocycles. The number of aromatic hydroxyl groups is 1. The smallest absolute Gasteiger partial charge is 0.260 e. The normalized spacial score (nSPS) is 10.9. The van der Waals surface area contributed by atoms with Crippen LogP contribution in [0, 0.1) is 0 Å². The molecule has 0 saturated carbocycles. The van der Waals surface area contributed by atoms with E-state index in [4.69, 9.17) is 27.9 Å². The molecule has 3 rings (SSSR count). The first-order valence-electron chi connectivity index (χ1n) is 6.39. The Morgan fingerprint density at radius 2 is 1.82 bits per heavy atom. The molecule has 0 atom stereocenters. The Bertz CT molecular complexity index is 917. The maximum atomic E-state index is 12.3. The summed E-state index contributed by atoms with van der Waals surface area (Å²) >= 11 is 12.1. The number of methoxy groups -OCH3 is 1. The average Bonchev–Trinajstić information content (AvgIpc) is 2.46. The number of rotatable bonds is 2. The molecule has 3 aromatic rings. The minimum absolute atomic E-state index is 0.152. The molecular weight excluding hydrogens is 325 g/mol.